The van der Waals surface area contributed by atoms with Gasteiger partial charge in [0.1, 0.15) is 11.6 Å². The van der Waals surface area contributed by atoms with Gasteiger partial charge in [0, 0.05) is 11.8 Å². The summed E-state index contributed by atoms with van der Waals surface area (Å²) in [6.07, 6.45) is 0. The number of hydrogen-bond donors (Lipinski definition) is 1. The molecule has 0 aliphatic heterocycles. The molecule has 0 radical (unpaired) electrons. The third-order valence-electron chi connectivity index (χ3n) is 5.28. The molecule has 0 bridgehead atoms. The molecule has 0 aliphatic rings. The minimum atomic E-state index is -0.899. The number of carbonyl (C=O) groups excluding carboxylic acids is 1. The standard InChI is InChI=1S/C25H21F2N3O2S/c1-14-7-6-8-15(2)22(14)29-23(31)16(3)33-25-28-20-10-5-4-9-18(20)24(32)30(25)21-12-11-17(26)13-19(21)27/h4-13,16H,1-3H3,(H,29,31). The zero-order valence-electron chi connectivity index (χ0n) is 18.2. The predicted molar refractivity (Wildman–Crippen MR) is 127 cm³/mol. The summed E-state index contributed by atoms with van der Waals surface area (Å²) in [5.41, 5.74) is 2.36. The predicted octanol–water partition coefficient (Wildman–Crippen LogP) is 5.40. The number of fused-ring (bicyclic) bond motifs is 1. The van der Waals surface area contributed by atoms with E-state index in [1.54, 1.807) is 31.2 Å². The van der Waals surface area contributed by atoms with Gasteiger partial charge in [-0.1, -0.05) is 42.1 Å². The van der Waals surface area contributed by atoms with Crippen molar-refractivity contribution in [1.82, 2.24) is 9.55 Å². The molecular formula is C25H21F2N3O2S. The summed E-state index contributed by atoms with van der Waals surface area (Å²) in [5.74, 6) is -1.94. The fourth-order valence-corrected chi connectivity index (χ4v) is 4.43. The molecule has 33 heavy (non-hydrogen) atoms. The first-order valence-electron chi connectivity index (χ1n) is 10.3. The van der Waals surface area contributed by atoms with Crippen molar-refractivity contribution in [3.8, 4) is 5.69 Å². The molecule has 0 fully saturated rings. The van der Waals surface area contributed by atoms with Crippen LogP contribution in [-0.2, 0) is 4.79 Å². The summed E-state index contributed by atoms with van der Waals surface area (Å²) < 4.78 is 29.2. The van der Waals surface area contributed by atoms with Gasteiger partial charge in [-0.15, -0.1) is 0 Å². The van der Waals surface area contributed by atoms with Crippen LogP contribution >= 0.6 is 11.8 Å². The average molecular weight is 466 g/mol. The highest BCUT2D eigenvalue weighted by molar-refractivity contribution is 8.00. The average Bonchev–Trinajstić information content (AvgIpc) is 2.77. The van der Waals surface area contributed by atoms with E-state index in [1.165, 1.54) is 6.07 Å². The van der Waals surface area contributed by atoms with Crippen LogP contribution in [0.4, 0.5) is 14.5 Å². The number of anilines is 1. The topological polar surface area (TPSA) is 64.0 Å². The Hall–Kier alpha value is -3.52. The number of nitrogens with zero attached hydrogens (tertiary/aromatic N) is 2. The Kier molecular flexibility index (Phi) is 6.29. The van der Waals surface area contributed by atoms with Gasteiger partial charge < -0.3 is 5.32 Å². The van der Waals surface area contributed by atoms with E-state index in [-0.39, 0.29) is 16.8 Å². The molecule has 168 valence electrons. The Bertz CT molecular complexity index is 1420. The highest BCUT2D eigenvalue weighted by atomic mass is 32.2. The van der Waals surface area contributed by atoms with Crippen LogP contribution < -0.4 is 10.9 Å². The SMILES string of the molecule is Cc1cccc(C)c1NC(=O)C(C)Sc1nc2ccccc2c(=O)n1-c1ccc(F)cc1F. The highest BCUT2D eigenvalue weighted by Crippen LogP contribution is 2.28. The number of carbonyl (C=O) groups is 1. The van der Waals surface area contributed by atoms with E-state index in [0.717, 1.165) is 39.2 Å². The normalized spacial score (nSPS) is 12.0. The summed E-state index contributed by atoms with van der Waals surface area (Å²) in [4.78, 5) is 30.8. The number of amides is 1. The quantitative estimate of drug-likeness (QED) is 0.317. The van der Waals surface area contributed by atoms with Crippen molar-refractivity contribution in [1.29, 1.82) is 0 Å². The molecule has 0 saturated heterocycles. The van der Waals surface area contributed by atoms with E-state index >= 15 is 0 Å². The van der Waals surface area contributed by atoms with Crippen LogP contribution in [0.3, 0.4) is 0 Å². The van der Waals surface area contributed by atoms with E-state index in [9.17, 15) is 18.4 Å². The van der Waals surface area contributed by atoms with Gasteiger partial charge in [-0.2, -0.15) is 0 Å². The van der Waals surface area contributed by atoms with Crippen LogP contribution in [0.5, 0.6) is 0 Å². The number of thioether (sulfide) groups is 1. The minimum Gasteiger partial charge on any atom is -0.325 e. The van der Waals surface area contributed by atoms with Gasteiger partial charge in [-0.3, -0.25) is 14.2 Å². The summed E-state index contributed by atoms with van der Waals surface area (Å²) >= 11 is 1.03. The summed E-state index contributed by atoms with van der Waals surface area (Å²) in [6, 6.07) is 15.4. The third kappa shape index (κ3) is 4.52. The van der Waals surface area contributed by atoms with Crippen LogP contribution in [0.15, 0.2) is 70.6 Å². The van der Waals surface area contributed by atoms with E-state index in [2.05, 4.69) is 10.3 Å². The minimum absolute atomic E-state index is 0.133. The zero-order valence-corrected chi connectivity index (χ0v) is 19.0. The first-order valence-corrected chi connectivity index (χ1v) is 11.1. The Morgan fingerprint density at radius 3 is 2.42 bits per heavy atom. The maximum absolute atomic E-state index is 14.7. The van der Waals surface area contributed by atoms with Crippen molar-refractivity contribution < 1.29 is 13.6 Å². The molecule has 4 aromatic rings. The van der Waals surface area contributed by atoms with Crippen LogP contribution in [-0.4, -0.2) is 20.7 Å². The first kappa shape index (κ1) is 22.7. The summed E-state index contributed by atoms with van der Waals surface area (Å²) in [5, 5.41) is 2.69. The molecular weight excluding hydrogens is 444 g/mol. The molecule has 4 rings (SSSR count). The molecule has 0 spiro atoms. The van der Waals surface area contributed by atoms with Gasteiger partial charge in [-0.05, 0) is 56.2 Å². The van der Waals surface area contributed by atoms with Crippen molar-refractivity contribution >= 4 is 34.3 Å². The van der Waals surface area contributed by atoms with Gasteiger partial charge in [0.15, 0.2) is 5.16 Å². The molecule has 8 heteroatoms. The number of hydrogen-bond acceptors (Lipinski definition) is 4. The molecule has 0 aliphatic carbocycles. The molecule has 1 heterocycles. The molecule has 5 nitrogen and oxygen atoms in total. The largest absolute Gasteiger partial charge is 0.325 e. The lowest BCUT2D eigenvalue weighted by atomic mass is 10.1. The third-order valence-corrected chi connectivity index (χ3v) is 6.33. The molecule has 0 saturated carbocycles. The Morgan fingerprint density at radius 2 is 1.73 bits per heavy atom. The number of aromatic nitrogens is 2. The molecule has 1 aromatic heterocycles. The lowest BCUT2D eigenvalue weighted by Gasteiger charge is -2.18. The Balaban J connectivity index is 1.76. The molecule has 1 unspecified atom stereocenters. The van der Waals surface area contributed by atoms with Gasteiger partial charge in [-0.25, -0.2) is 13.8 Å². The van der Waals surface area contributed by atoms with Gasteiger partial charge in [0.2, 0.25) is 5.91 Å². The maximum Gasteiger partial charge on any atom is 0.266 e. The van der Waals surface area contributed by atoms with E-state index < -0.39 is 22.4 Å². The summed E-state index contributed by atoms with van der Waals surface area (Å²) in [6.45, 7) is 5.49. The molecule has 1 atom stereocenters. The number of rotatable bonds is 5. The lowest BCUT2D eigenvalue weighted by Crippen LogP contribution is -2.27. The number of nitrogens with one attached hydrogen (secondary N) is 1. The number of halogens is 2. The van der Waals surface area contributed by atoms with E-state index in [4.69, 9.17) is 0 Å². The smallest absolute Gasteiger partial charge is 0.266 e. The fourth-order valence-electron chi connectivity index (χ4n) is 3.51. The van der Waals surface area contributed by atoms with Gasteiger partial charge in [0.05, 0.1) is 21.8 Å². The second kappa shape index (κ2) is 9.15. The highest BCUT2D eigenvalue weighted by Gasteiger charge is 2.22. The zero-order chi connectivity index (χ0) is 23.7. The van der Waals surface area contributed by atoms with E-state index in [0.29, 0.717) is 17.0 Å². The van der Waals surface area contributed by atoms with Crippen molar-refractivity contribution in [2.24, 2.45) is 0 Å². The van der Waals surface area contributed by atoms with Gasteiger partial charge >= 0.3 is 0 Å². The number of benzene rings is 3. The van der Waals surface area contributed by atoms with Crippen LogP contribution in [0, 0.1) is 25.5 Å². The second-order valence-corrected chi connectivity index (χ2v) is 8.97. The van der Waals surface area contributed by atoms with E-state index in [1.807, 2.05) is 32.0 Å². The second-order valence-electron chi connectivity index (χ2n) is 7.66. The Morgan fingerprint density at radius 1 is 1.03 bits per heavy atom. The summed E-state index contributed by atoms with van der Waals surface area (Å²) in [7, 11) is 0. The number of para-hydroxylation sites is 2. The monoisotopic (exact) mass is 465 g/mol. The van der Waals surface area contributed by atoms with Crippen molar-refractivity contribution in [2.75, 3.05) is 5.32 Å². The number of aryl methyl sites for hydroxylation is 2. The van der Waals surface area contributed by atoms with Crippen LogP contribution in [0.1, 0.15) is 18.1 Å². The van der Waals surface area contributed by atoms with Crippen molar-refractivity contribution in [2.45, 2.75) is 31.2 Å². The van der Waals surface area contributed by atoms with Gasteiger partial charge in [0.25, 0.3) is 5.56 Å². The fraction of sp³-hybridized carbons (Fsp3) is 0.160. The van der Waals surface area contributed by atoms with Crippen LogP contribution in [0.2, 0.25) is 0 Å². The molecule has 1 N–H and O–H groups in total. The van der Waals surface area contributed by atoms with Crippen molar-refractivity contribution in [3.05, 3.63) is 93.8 Å². The van der Waals surface area contributed by atoms with Crippen LogP contribution in [0.25, 0.3) is 16.6 Å². The first-order chi connectivity index (χ1) is 15.8. The molecule has 1 amide bonds. The maximum atomic E-state index is 14.7. The Labute approximate surface area is 193 Å². The lowest BCUT2D eigenvalue weighted by molar-refractivity contribution is -0.115. The van der Waals surface area contributed by atoms with Crippen molar-refractivity contribution in [3.63, 3.8) is 0 Å². The molecule has 3 aromatic carbocycles.